The van der Waals surface area contributed by atoms with E-state index >= 15 is 0 Å². The second-order valence-corrected chi connectivity index (χ2v) is 10.7. The minimum absolute atomic E-state index is 0.0710. The zero-order chi connectivity index (χ0) is 24.9. The molecule has 0 saturated heterocycles. The van der Waals surface area contributed by atoms with Gasteiger partial charge in [0.25, 0.3) is 0 Å². The molecule has 0 unspecified atom stereocenters. The van der Waals surface area contributed by atoms with Crippen LogP contribution in [0.25, 0.3) is 32.9 Å². The lowest BCUT2D eigenvalue weighted by Gasteiger charge is -2.13. The van der Waals surface area contributed by atoms with Crippen molar-refractivity contribution in [2.24, 2.45) is 7.05 Å². The van der Waals surface area contributed by atoms with Crippen LogP contribution in [0.4, 0.5) is 10.1 Å². The first-order chi connectivity index (χ1) is 16.7. The Balaban J connectivity index is 1.73. The summed E-state index contributed by atoms with van der Waals surface area (Å²) in [5, 5.41) is 12.1. The first-order valence-corrected chi connectivity index (χ1v) is 12.9. The SMILES string of the molecule is CCS(=O)(=O)Nc1cc(-c2cn(C)c3c(O)nccc23)cc2c1ccn2Cc1ccc(F)cc1Cl. The summed E-state index contributed by atoms with van der Waals surface area (Å²) in [7, 11) is -1.73. The summed E-state index contributed by atoms with van der Waals surface area (Å²) in [6, 6.07) is 11.7. The van der Waals surface area contributed by atoms with Gasteiger partial charge in [-0.3, -0.25) is 4.72 Å². The molecule has 0 aliphatic rings. The topological polar surface area (TPSA) is 89.2 Å². The van der Waals surface area contributed by atoms with E-state index in [0.717, 1.165) is 27.6 Å². The maximum absolute atomic E-state index is 13.5. The van der Waals surface area contributed by atoms with Gasteiger partial charge in [-0.25, -0.2) is 17.8 Å². The van der Waals surface area contributed by atoms with Crippen LogP contribution in [0.2, 0.25) is 5.02 Å². The van der Waals surface area contributed by atoms with Gasteiger partial charge < -0.3 is 14.2 Å². The molecule has 3 aromatic heterocycles. The van der Waals surface area contributed by atoms with Gasteiger partial charge in [-0.2, -0.15) is 0 Å². The van der Waals surface area contributed by atoms with Crippen molar-refractivity contribution in [3.63, 3.8) is 0 Å². The number of nitrogens with zero attached hydrogens (tertiary/aromatic N) is 3. The molecule has 5 rings (SSSR count). The van der Waals surface area contributed by atoms with E-state index in [1.807, 2.05) is 42.2 Å². The van der Waals surface area contributed by atoms with Crippen molar-refractivity contribution >= 4 is 49.1 Å². The molecule has 5 aromatic rings. The Morgan fingerprint density at radius 1 is 1.14 bits per heavy atom. The van der Waals surface area contributed by atoms with Crippen LogP contribution in [-0.4, -0.2) is 33.4 Å². The number of anilines is 1. The fraction of sp³-hybridized carbons (Fsp3) is 0.160. The summed E-state index contributed by atoms with van der Waals surface area (Å²) < 4.78 is 44.9. The van der Waals surface area contributed by atoms with Gasteiger partial charge >= 0.3 is 0 Å². The van der Waals surface area contributed by atoms with Crippen molar-refractivity contribution in [1.29, 1.82) is 0 Å². The molecular formula is C25H22ClFN4O3S. The number of benzene rings is 2. The number of aromatic hydroxyl groups is 1. The van der Waals surface area contributed by atoms with Gasteiger partial charge in [0.05, 0.1) is 17.0 Å². The van der Waals surface area contributed by atoms with Crippen LogP contribution in [0.15, 0.2) is 61.1 Å². The molecule has 0 spiro atoms. The third-order valence-electron chi connectivity index (χ3n) is 6.07. The number of hydrogen-bond donors (Lipinski definition) is 2. The Morgan fingerprint density at radius 2 is 1.94 bits per heavy atom. The van der Waals surface area contributed by atoms with E-state index in [-0.39, 0.29) is 11.6 Å². The van der Waals surface area contributed by atoms with Crippen molar-refractivity contribution < 1.29 is 17.9 Å². The Hall–Kier alpha value is -3.56. The van der Waals surface area contributed by atoms with E-state index in [9.17, 15) is 17.9 Å². The highest BCUT2D eigenvalue weighted by atomic mass is 35.5. The molecule has 0 radical (unpaired) electrons. The summed E-state index contributed by atoms with van der Waals surface area (Å²) in [4.78, 5) is 3.97. The first-order valence-electron chi connectivity index (χ1n) is 10.9. The van der Waals surface area contributed by atoms with Crippen LogP contribution >= 0.6 is 11.6 Å². The molecule has 0 fully saturated rings. The van der Waals surface area contributed by atoms with E-state index in [1.165, 1.54) is 18.3 Å². The quantitative estimate of drug-likeness (QED) is 0.314. The van der Waals surface area contributed by atoms with Gasteiger partial charge in [0.2, 0.25) is 15.9 Å². The smallest absolute Gasteiger partial charge is 0.236 e. The number of rotatable bonds is 6. The first kappa shape index (κ1) is 23.2. The van der Waals surface area contributed by atoms with E-state index in [2.05, 4.69) is 9.71 Å². The summed E-state index contributed by atoms with van der Waals surface area (Å²) in [6.45, 7) is 1.94. The second kappa shape index (κ2) is 8.58. The minimum atomic E-state index is -3.55. The number of hydrogen-bond acceptors (Lipinski definition) is 4. The summed E-state index contributed by atoms with van der Waals surface area (Å²) >= 11 is 6.27. The highest BCUT2D eigenvalue weighted by Crippen LogP contribution is 2.38. The standard InChI is InChI=1S/C25H22ClFN4O3S/c1-3-35(33,34)29-22-10-16(20-14-30(2)24-18(20)6-8-28-25(24)32)11-23-19(22)7-9-31(23)13-15-4-5-17(27)12-21(15)26/h4-12,14,29H,3,13H2,1-2H3,(H,28,32). The number of halogens is 2. The number of aromatic nitrogens is 3. The van der Waals surface area contributed by atoms with Crippen LogP contribution in [0.3, 0.4) is 0 Å². The number of pyridine rings is 1. The van der Waals surface area contributed by atoms with Gasteiger partial charge in [0.15, 0.2) is 0 Å². The van der Waals surface area contributed by atoms with Crippen molar-refractivity contribution in [1.82, 2.24) is 14.1 Å². The third-order valence-corrected chi connectivity index (χ3v) is 7.71. The molecule has 180 valence electrons. The number of aryl methyl sites for hydroxylation is 1. The molecule has 0 amide bonds. The molecule has 10 heteroatoms. The zero-order valence-electron chi connectivity index (χ0n) is 19.0. The molecule has 2 aromatic carbocycles. The maximum atomic E-state index is 13.5. The number of fused-ring (bicyclic) bond motifs is 2. The second-order valence-electron chi connectivity index (χ2n) is 8.33. The van der Waals surface area contributed by atoms with E-state index < -0.39 is 15.8 Å². The maximum Gasteiger partial charge on any atom is 0.236 e. The summed E-state index contributed by atoms with van der Waals surface area (Å²) in [5.41, 5.74) is 4.09. The van der Waals surface area contributed by atoms with Crippen molar-refractivity contribution in [2.75, 3.05) is 10.5 Å². The molecule has 0 atom stereocenters. The minimum Gasteiger partial charge on any atom is -0.492 e. The molecule has 3 heterocycles. The average Bonchev–Trinajstić information content (AvgIpc) is 3.37. The lowest BCUT2D eigenvalue weighted by molar-refractivity contribution is 0.457. The molecule has 0 saturated carbocycles. The van der Waals surface area contributed by atoms with Gasteiger partial charge in [-0.15, -0.1) is 0 Å². The summed E-state index contributed by atoms with van der Waals surface area (Å²) in [5.74, 6) is -0.569. The van der Waals surface area contributed by atoms with Crippen molar-refractivity contribution in [2.45, 2.75) is 13.5 Å². The highest BCUT2D eigenvalue weighted by molar-refractivity contribution is 7.92. The molecular weight excluding hydrogens is 491 g/mol. The lowest BCUT2D eigenvalue weighted by atomic mass is 10.0. The molecule has 0 aliphatic heterocycles. The zero-order valence-corrected chi connectivity index (χ0v) is 20.5. The monoisotopic (exact) mass is 512 g/mol. The average molecular weight is 513 g/mol. The Morgan fingerprint density at radius 3 is 2.69 bits per heavy atom. The Labute approximate surface area is 206 Å². The van der Waals surface area contributed by atoms with Gasteiger partial charge in [-0.05, 0) is 54.4 Å². The molecule has 0 aliphatic carbocycles. The number of nitrogens with one attached hydrogen (secondary N) is 1. The third kappa shape index (κ3) is 4.21. The predicted molar refractivity (Wildman–Crippen MR) is 137 cm³/mol. The van der Waals surface area contributed by atoms with Gasteiger partial charge in [0.1, 0.15) is 11.3 Å². The van der Waals surface area contributed by atoms with Crippen LogP contribution < -0.4 is 4.72 Å². The predicted octanol–water partition coefficient (Wildman–Crippen LogP) is 5.50. The van der Waals surface area contributed by atoms with Crippen LogP contribution in [0.1, 0.15) is 12.5 Å². The highest BCUT2D eigenvalue weighted by Gasteiger charge is 2.18. The van der Waals surface area contributed by atoms with Crippen LogP contribution in [-0.2, 0) is 23.6 Å². The van der Waals surface area contributed by atoms with Crippen molar-refractivity contribution in [3.05, 3.63) is 77.5 Å². The number of sulfonamides is 1. The Kier molecular flexibility index (Phi) is 5.69. The van der Waals surface area contributed by atoms with Gasteiger partial charge in [0, 0.05) is 53.5 Å². The fourth-order valence-corrected chi connectivity index (χ4v) is 5.19. The molecule has 7 nitrogen and oxygen atoms in total. The molecule has 35 heavy (non-hydrogen) atoms. The van der Waals surface area contributed by atoms with E-state index in [1.54, 1.807) is 23.6 Å². The van der Waals surface area contributed by atoms with E-state index in [4.69, 9.17) is 11.6 Å². The lowest BCUT2D eigenvalue weighted by Crippen LogP contribution is -2.14. The molecule has 2 N–H and O–H groups in total. The largest absolute Gasteiger partial charge is 0.492 e. The Bertz CT molecular complexity index is 1710. The van der Waals surface area contributed by atoms with E-state index in [0.29, 0.717) is 28.2 Å². The summed E-state index contributed by atoms with van der Waals surface area (Å²) in [6.07, 6.45) is 5.24. The fourth-order valence-electron chi connectivity index (χ4n) is 4.31. The van der Waals surface area contributed by atoms with Crippen LogP contribution in [0, 0.1) is 5.82 Å². The molecule has 0 bridgehead atoms. The normalized spacial score (nSPS) is 12.0. The van der Waals surface area contributed by atoms with Crippen LogP contribution in [0.5, 0.6) is 5.88 Å². The van der Waals surface area contributed by atoms with Crippen molar-refractivity contribution in [3.8, 4) is 17.0 Å². The van der Waals surface area contributed by atoms with Gasteiger partial charge in [-0.1, -0.05) is 17.7 Å².